The average Bonchev–Trinajstić information content (AvgIpc) is 3.18. The van der Waals surface area contributed by atoms with E-state index < -0.39 is 5.91 Å². The van der Waals surface area contributed by atoms with Crippen molar-refractivity contribution in [2.24, 2.45) is 11.7 Å². The number of carbonyl (C=O) groups excluding carboxylic acids is 1. The molecular formula is C13H19N3O2. The fraction of sp³-hybridized carbons (Fsp3) is 0.538. The summed E-state index contributed by atoms with van der Waals surface area (Å²) >= 11 is 0. The zero-order valence-electron chi connectivity index (χ0n) is 10.4. The van der Waals surface area contributed by atoms with Crippen LogP contribution in [0.1, 0.15) is 29.6 Å². The summed E-state index contributed by atoms with van der Waals surface area (Å²) in [5, 5.41) is 3.11. The van der Waals surface area contributed by atoms with E-state index in [1.54, 1.807) is 18.3 Å². The van der Waals surface area contributed by atoms with Crippen LogP contribution in [0.4, 0.5) is 5.82 Å². The summed E-state index contributed by atoms with van der Waals surface area (Å²) in [4.78, 5) is 15.3. The van der Waals surface area contributed by atoms with Crippen LogP contribution in [-0.2, 0) is 4.74 Å². The highest BCUT2D eigenvalue weighted by Crippen LogP contribution is 2.28. The number of primary amides is 1. The third-order valence-corrected chi connectivity index (χ3v) is 2.88. The summed E-state index contributed by atoms with van der Waals surface area (Å²) in [5.74, 6) is 0.887. The molecule has 1 saturated carbocycles. The van der Waals surface area contributed by atoms with Crippen molar-refractivity contribution in [1.82, 2.24) is 4.98 Å². The quantitative estimate of drug-likeness (QED) is 0.683. The summed E-state index contributed by atoms with van der Waals surface area (Å²) in [7, 11) is 0. The minimum absolute atomic E-state index is 0.427. The van der Waals surface area contributed by atoms with Crippen molar-refractivity contribution in [3.8, 4) is 0 Å². The predicted molar refractivity (Wildman–Crippen MR) is 69.4 cm³/mol. The van der Waals surface area contributed by atoms with Crippen molar-refractivity contribution in [2.45, 2.75) is 19.3 Å². The molecule has 0 radical (unpaired) electrons. The molecule has 0 spiro atoms. The smallest absolute Gasteiger partial charge is 0.252 e. The van der Waals surface area contributed by atoms with Crippen LogP contribution in [0.25, 0.3) is 0 Å². The number of amides is 1. The number of carbonyl (C=O) groups is 1. The van der Waals surface area contributed by atoms with Crippen LogP contribution >= 0.6 is 0 Å². The molecule has 5 nitrogen and oxygen atoms in total. The number of nitrogens with one attached hydrogen (secondary N) is 1. The van der Waals surface area contributed by atoms with Gasteiger partial charge >= 0.3 is 0 Å². The van der Waals surface area contributed by atoms with Gasteiger partial charge in [0.1, 0.15) is 5.82 Å². The van der Waals surface area contributed by atoms with Gasteiger partial charge < -0.3 is 15.8 Å². The van der Waals surface area contributed by atoms with Crippen molar-refractivity contribution in [2.75, 3.05) is 25.1 Å². The molecule has 0 atom stereocenters. The molecule has 0 aromatic carbocycles. The number of hydrogen-bond donors (Lipinski definition) is 2. The van der Waals surface area contributed by atoms with Gasteiger partial charge in [-0.05, 0) is 37.3 Å². The molecule has 2 rings (SSSR count). The third-order valence-electron chi connectivity index (χ3n) is 2.88. The Balaban J connectivity index is 1.67. The highest BCUT2D eigenvalue weighted by molar-refractivity contribution is 5.97. The molecule has 1 heterocycles. The largest absolute Gasteiger partial charge is 0.381 e. The monoisotopic (exact) mass is 249 g/mol. The second kappa shape index (κ2) is 6.35. The molecule has 0 aliphatic heterocycles. The second-order valence-corrected chi connectivity index (χ2v) is 4.56. The van der Waals surface area contributed by atoms with E-state index in [0.29, 0.717) is 11.4 Å². The number of rotatable bonds is 8. The van der Waals surface area contributed by atoms with E-state index in [1.165, 1.54) is 12.8 Å². The van der Waals surface area contributed by atoms with Gasteiger partial charge in [-0.15, -0.1) is 0 Å². The Bertz CT molecular complexity index is 405. The summed E-state index contributed by atoms with van der Waals surface area (Å²) in [5.41, 5.74) is 5.69. The van der Waals surface area contributed by atoms with Crippen LogP contribution in [0.3, 0.4) is 0 Å². The Kier molecular flexibility index (Phi) is 4.52. The molecule has 5 heteroatoms. The lowest BCUT2D eigenvalue weighted by Crippen LogP contribution is -2.16. The molecule has 3 N–H and O–H groups in total. The van der Waals surface area contributed by atoms with E-state index >= 15 is 0 Å². The molecule has 98 valence electrons. The second-order valence-electron chi connectivity index (χ2n) is 4.56. The Morgan fingerprint density at radius 1 is 1.56 bits per heavy atom. The molecule has 1 aromatic rings. The van der Waals surface area contributed by atoms with Crippen LogP contribution in [-0.4, -0.2) is 30.6 Å². The lowest BCUT2D eigenvalue weighted by molar-refractivity contribution is 0.100. The Hall–Kier alpha value is -1.62. The lowest BCUT2D eigenvalue weighted by Gasteiger charge is -2.08. The minimum atomic E-state index is -0.462. The molecule has 1 aliphatic rings. The standard InChI is InChI=1S/C13H19N3O2/c14-12(17)11-3-1-6-15-13(11)16-7-2-8-18-9-10-4-5-10/h1,3,6,10H,2,4-5,7-9H2,(H2,14,17)(H,15,16). The van der Waals surface area contributed by atoms with Gasteiger partial charge in [-0.3, -0.25) is 4.79 Å². The average molecular weight is 249 g/mol. The maximum Gasteiger partial charge on any atom is 0.252 e. The zero-order chi connectivity index (χ0) is 12.8. The number of aromatic nitrogens is 1. The van der Waals surface area contributed by atoms with E-state index in [0.717, 1.165) is 32.1 Å². The van der Waals surface area contributed by atoms with E-state index in [9.17, 15) is 4.79 Å². The van der Waals surface area contributed by atoms with Crippen molar-refractivity contribution >= 4 is 11.7 Å². The molecule has 0 saturated heterocycles. The lowest BCUT2D eigenvalue weighted by atomic mass is 10.2. The molecule has 1 aliphatic carbocycles. The Labute approximate surface area is 107 Å². The predicted octanol–water partition coefficient (Wildman–Crippen LogP) is 1.41. The zero-order valence-corrected chi connectivity index (χ0v) is 10.4. The molecule has 0 bridgehead atoms. The Morgan fingerprint density at radius 2 is 2.39 bits per heavy atom. The van der Waals surface area contributed by atoms with Crippen LogP contribution in [0.15, 0.2) is 18.3 Å². The number of anilines is 1. The van der Waals surface area contributed by atoms with E-state index in [2.05, 4.69) is 10.3 Å². The first-order valence-corrected chi connectivity index (χ1v) is 6.34. The van der Waals surface area contributed by atoms with Crippen LogP contribution in [0.2, 0.25) is 0 Å². The summed E-state index contributed by atoms with van der Waals surface area (Å²) in [6, 6.07) is 3.37. The molecule has 18 heavy (non-hydrogen) atoms. The van der Waals surface area contributed by atoms with Crippen molar-refractivity contribution in [1.29, 1.82) is 0 Å². The summed E-state index contributed by atoms with van der Waals surface area (Å²) in [6.45, 7) is 2.35. The van der Waals surface area contributed by atoms with Gasteiger partial charge in [-0.2, -0.15) is 0 Å². The fourth-order valence-corrected chi connectivity index (χ4v) is 1.66. The molecular weight excluding hydrogens is 230 g/mol. The fourth-order valence-electron chi connectivity index (χ4n) is 1.66. The SMILES string of the molecule is NC(=O)c1cccnc1NCCCOCC1CC1. The number of pyridine rings is 1. The third kappa shape index (κ3) is 4.00. The minimum Gasteiger partial charge on any atom is -0.381 e. The van der Waals surface area contributed by atoms with Gasteiger partial charge in [0.2, 0.25) is 0 Å². The first-order valence-electron chi connectivity index (χ1n) is 6.34. The number of nitrogens with two attached hydrogens (primary N) is 1. The first-order chi connectivity index (χ1) is 8.77. The number of hydrogen-bond acceptors (Lipinski definition) is 4. The molecule has 0 unspecified atom stereocenters. The van der Waals surface area contributed by atoms with Gasteiger partial charge in [-0.25, -0.2) is 4.98 Å². The highest BCUT2D eigenvalue weighted by atomic mass is 16.5. The number of ether oxygens (including phenoxy) is 1. The van der Waals surface area contributed by atoms with Crippen LogP contribution in [0, 0.1) is 5.92 Å². The van der Waals surface area contributed by atoms with Gasteiger partial charge in [0.15, 0.2) is 0 Å². The van der Waals surface area contributed by atoms with Gasteiger partial charge in [-0.1, -0.05) is 0 Å². The Morgan fingerprint density at radius 3 is 3.11 bits per heavy atom. The maximum absolute atomic E-state index is 11.2. The van der Waals surface area contributed by atoms with Crippen molar-refractivity contribution < 1.29 is 9.53 Å². The normalized spacial score (nSPS) is 14.4. The van der Waals surface area contributed by atoms with Crippen molar-refractivity contribution in [3.05, 3.63) is 23.9 Å². The first kappa shape index (κ1) is 12.8. The number of nitrogens with zero attached hydrogens (tertiary/aromatic N) is 1. The van der Waals surface area contributed by atoms with Crippen molar-refractivity contribution in [3.63, 3.8) is 0 Å². The van der Waals surface area contributed by atoms with Crippen LogP contribution < -0.4 is 11.1 Å². The highest BCUT2D eigenvalue weighted by Gasteiger charge is 2.20. The van der Waals surface area contributed by atoms with E-state index in [1.807, 2.05) is 0 Å². The van der Waals surface area contributed by atoms with Gasteiger partial charge in [0, 0.05) is 26.0 Å². The summed E-state index contributed by atoms with van der Waals surface area (Å²) < 4.78 is 5.52. The molecule has 1 aromatic heterocycles. The molecule has 1 amide bonds. The van der Waals surface area contributed by atoms with E-state index in [4.69, 9.17) is 10.5 Å². The van der Waals surface area contributed by atoms with E-state index in [-0.39, 0.29) is 0 Å². The van der Waals surface area contributed by atoms with Gasteiger partial charge in [0.25, 0.3) is 5.91 Å². The summed E-state index contributed by atoms with van der Waals surface area (Å²) in [6.07, 6.45) is 5.15. The topological polar surface area (TPSA) is 77.2 Å². The van der Waals surface area contributed by atoms with Crippen LogP contribution in [0.5, 0.6) is 0 Å². The van der Waals surface area contributed by atoms with Gasteiger partial charge in [0.05, 0.1) is 5.56 Å². The maximum atomic E-state index is 11.2. The molecule has 1 fully saturated rings.